The molecule has 1 aliphatic rings. The Morgan fingerprint density at radius 3 is 2.53 bits per heavy atom. The first-order valence-electron chi connectivity index (χ1n) is 10.7. The average Bonchev–Trinajstić information content (AvgIpc) is 2.83. The number of amides is 1. The molecule has 1 aliphatic heterocycles. The first kappa shape index (κ1) is 22.2. The number of aromatic nitrogens is 2. The predicted molar refractivity (Wildman–Crippen MR) is 126 cm³/mol. The third-order valence-corrected chi connectivity index (χ3v) is 5.49. The number of nitrogens with one attached hydrogen (secondary N) is 2. The van der Waals surface area contributed by atoms with Gasteiger partial charge in [0.15, 0.2) is 0 Å². The lowest BCUT2D eigenvalue weighted by molar-refractivity contribution is 0.0374. The monoisotopic (exact) mass is 451 g/mol. The van der Waals surface area contributed by atoms with Gasteiger partial charge < -0.3 is 15.4 Å². The molecule has 166 valence electrons. The highest BCUT2D eigenvalue weighted by molar-refractivity contribution is 6.30. The molecule has 32 heavy (non-hydrogen) atoms. The number of ether oxygens (including phenoxy) is 1. The minimum absolute atomic E-state index is 0.0699. The van der Waals surface area contributed by atoms with Crippen LogP contribution in [0.1, 0.15) is 16.8 Å². The summed E-state index contributed by atoms with van der Waals surface area (Å²) in [4.78, 5) is 23.6. The molecule has 0 bridgehead atoms. The Labute approximate surface area is 192 Å². The van der Waals surface area contributed by atoms with E-state index >= 15 is 0 Å². The summed E-state index contributed by atoms with van der Waals surface area (Å²) in [5.41, 5.74) is 3.19. The number of anilines is 2. The minimum atomic E-state index is -0.0699. The van der Waals surface area contributed by atoms with Crippen molar-refractivity contribution >= 4 is 29.1 Å². The van der Waals surface area contributed by atoms with Gasteiger partial charge in [-0.25, -0.2) is 9.97 Å². The second kappa shape index (κ2) is 11.0. The molecule has 1 fully saturated rings. The molecule has 0 atom stereocenters. The van der Waals surface area contributed by atoms with Crippen molar-refractivity contribution in [3.05, 3.63) is 71.4 Å². The predicted octanol–water partition coefficient (Wildman–Crippen LogP) is 3.99. The number of rotatable bonds is 8. The summed E-state index contributed by atoms with van der Waals surface area (Å²) in [6, 6.07) is 16.6. The maximum atomic E-state index is 12.4. The molecule has 2 aromatic carbocycles. The van der Waals surface area contributed by atoms with Crippen molar-refractivity contribution in [1.82, 2.24) is 20.2 Å². The van der Waals surface area contributed by atoms with Gasteiger partial charge in [-0.15, -0.1) is 0 Å². The Balaban J connectivity index is 1.28. The highest BCUT2D eigenvalue weighted by atomic mass is 35.5. The van der Waals surface area contributed by atoms with Crippen molar-refractivity contribution in [1.29, 1.82) is 0 Å². The van der Waals surface area contributed by atoms with Gasteiger partial charge in [0.1, 0.15) is 0 Å². The second-order valence-electron chi connectivity index (χ2n) is 7.54. The summed E-state index contributed by atoms with van der Waals surface area (Å²) in [6.07, 6.45) is 2.63. The molecular formula is C24H26ClN5O2. The van der Waals surface area contributed by atoms with Crippen molar-refractivity contribution < 1.29 is 9.53 Å². The Hall–Kier alpha value is -3.00. The number of halogens is 1. The van der Waals surface area contributed by atoms with Crippen LogP contribution in [0.4, 0.5) is 11.6 Å². The SMILES string of the molecule is O=C(NCCCN1CCOCC1)c1ccc(Nc2nccc(-c3ccc(Cl)cc3)n2)cc1. The molecule has 8 heteroatoms. The maximum absolute atomic E-state index is 12.4. The Morgan fingerprint density at radius 2 is 1.78 bits per heavy atom. The van der Waals surface area contributed by atoms with E-state index in [1.54, 1.807) is 18.3 Å². The van der Waals surface area contributed by atoms with E-state index in [2.05, 4.69) is 25.5 Å². The molecule has 1 saturated heterocycles. The topological polar surface area (TPSA) is 79.4 Å². The summed E-state index contributed by atoms with van der Waals surface area (Å²) in [6.45, 7) is 5.15. The second-order valence-corrected chi connectivity index (χ2v) is 7.97. The molecule has 2 N–H and O–H groups in total. The van der Waals surface area contributed by atoms with Crippen LogP contribution in [0.2, 0.25) is 5.02 Å². The number of carbonyl (C=O) groups is 1. The van der Waals surface area contributed by atoms with Gasteiger partial charge in [-0.05, 0) is 55.4 Å². The molecule has 1 aromatic heterocycles. The van der Waals surface area contributed by atoms with Crippen LogP contribution >= 0.6 is 11.6 Å². The molecule has 4 rings (SSSR count). The highest BCUT2D eigenvalue weighted by Gasteiger charge is 2.10. The molecular weight excluding hydrogens is 426 g/mol. The van der Waals surface area contributed by atoms with Gasteiger partial charge >= 0.3 is 0 Å². The van der Waals surface area contributed by atoms with Crippen LogP contribution in [0.25, 0.3) is 11.3 Å². The normalized spacial score (nSPS) is 14.2. The average molecular weight is 452 g/mol. The van der Waals surface area contributed by atoms with Gasteiger partial charge in [0, 0.05) is 47.7 Å². The number of carbonyl (C=O) groups excluding carboxylic acids is 1. The van der Waals surface area contributed by atoms with E-state index in [9.17, 15) is 4.79 Å². The van der Waals surface area contributed by atoms with Gasteiger partial charge in [0.2, 0.25) is 5.95 Å². The first-order chi connectivity index (χ1) is 15.7. The van der Waals surface area contributed by atoms with E-state index in [-0.39, 0.29) is 5.91 Å². The quantitative estimate of drug-likeness (QED) is 0.504. The van der Waals surface area contributed by atoms with Gasteiger partial charge in [0.05, 0.1) is 18.9 Å². The van der Waals surface area contributed by atoms with E-state index in [1.807, 2.05) is 42.5 Å². The molecule has 1 amide bonds. The molecule has 0 spiro atoms. The first-order valence-corrected chi connectivity index (χ1v) is 11.1. The fourth-order valence-electron chi connectivity index (χ4n) is 3.47. The van der Waals surface area contributed by atoms with Gasteiger partial charge in [0.25, 0.3) is 5.91 Å². The van der Waals surface area contributed by atoms with E-state index < -0.39 is 0 Å². The van der Waals surface area contributed by atoms with Crippen LogP contribution in [-0.4, -0.2) is 60.2 Å². The van der Waals surface area contributed by atoms with E-state index in [1.165, 1.54) is 0 Å². The largest absolute Gasteiger partial charge is 0.379 e. The van der Waals surface area contributed by atoms with Crippen LogP contribution in [-0.2, 0) is 4.74 Å². The van der Waals surface area contributed by atoms with E-state index in [4.69, 9.17) is 16.3 Å². The number of morpholine rings is 1. The third kappa shape index (κ3) is 6.26. The molecule has 0 unspecified atom stereocenters. The smallest absolute Gasteiger partial charge is 0.251 e. The number of hydrogen-bond donors (Lipinski definition) is 2. The number of hydrogen-bond acceptors (Lipinski definition) is 6. The fourth-order valence-corrected chi connectivity index (χ4v) is 3.59. The lowest BCUT2D eigenvalue weighted by Crippen LogP contribution is -2.38. The van der Waals surface area contributed by atoms with Crippen LogP contribution < -0.4 is 10.6 Å². The maximum Gasteiger partial charge on any atom is 0.251 e. The molecule has 0 saturated carbocycles. The summed E-state index contributed by atoms with van der Waals surface area (Å²) in [5, 5.41) is 6.85. The van der Waals surface area contributed by atoms with Gasteiger partial charge in [-0.2, -0.15) is 0 Å². The van der Waals surface area contributed by atoms with E-state index in [0.29, 0.717) is 23.1 Å². The van der Waals surface area contributed by atoms with Crippen LogP contribution in [0.3, 0.4) is 0 Å². The minimum Gasteiger partial charge on any atom is -0.379 e. The van der Waals surface area contributed by atoms with Crippen LogP contribution in [0.15, 0.2) is 60.8 Å². The Morgan fingerprint density at radius 1 is 1.03 bits per heavy atom. The van der Waals surface area contributed by atoms with Crippen molar-refractivity contribution in [3.63, 3.8) is 0 Å². The third-order valence-electron chi connectivity index (χ3n) is 5.24. The zero-order chi connectivity index (χ0) is 22.2. The standard InChI is InChI=1S/C24H26ClN5O2/c25-20-6-2-18(3-7-20)22-10-12-27-24(29-22)28-21-8-4-19(5-9-21)23(31)26-11-1-13-30-14-16-32-17-15-30/h2-10,12H,1,11,13-17H2,(H,26,31)(H,27,28,29). The lowest BCUT2D eigenvalue weighted by atomic mass is 10.1. The summed E-state index contributed by atoms with van der Waals surface area (Å²) >= 11 is 5.96. The van der Waals surface area contributed by atoms with Gasteiger partial charge in [-0.3, -0.25) is 9.69 Å². The molecule has 2 heterocycles. The van der Waals surface area contributed by atoms with Gasteiger partial charge in [-0.1, -0.05) is 23.7 Å². The summed E-state index contributed by atoms with van der Waals surface area (Å²) < 4.78 is 5.35. The molecule has 0 radical (unpaired) electrons. The fraction of sp³-hybridized carbons (Fsp3) is 0.292. The Bertz CT molecular complexity index is 1020. The van der Waals surface area contributed by atoms with Crippen molar-refractivity contribution in [3.8, 4) is 11.3 Å². The van der Waals surface area contributed by atoms with Crippen molar-refractivity contribution in [2.24, 2.45) is 0 Å². The highest BCUT2D eigenvalue weighted by Crippen LogP contribution is 2.21. The molecule has 3 aromatic rings. The summed E-state index contributed by atoms with van der Waals surface area (Å²) in [7, 11) is 0. The number of nitrogens with zero attached hydrogens (tertiary/aromatic N) is 3. The lowest BCUT2D eigenvalue weighted by Gasteiger charge is -2.26. The van der Waals surface area contributed by atoms with E-state index in [0.717, 1.165) is 56.2 Å². The zero-order valence-electron chi connectivity index (χ0n) is 17.8. The zero-order valence-corrected chi connectivity index (χ0v) is 18.5. The van der Waals surface area contributed by atoms with Crippen molar-refractivity contribution in [2.45, 2.75) is 6.42 Å². The molecule has 7 nitrogen and oxygen atoms in total. The van der Waals surface area contributed by atoms with Crippen LogP contribution in [0, 0.1) is 0 Å². The number of benzene rings is 2. The van der Waals surface area contributed by atoms with Crippen molar-refractivity contribution in [2.75, 3.05) is 44.7 Å². The molecule has 0 aliphatic carbocycles. The Kier molecular flexibility index (Phi) is 7.66. The summed E-state index contributed by atoms with van der Waals surface area (Å²) in [5.74, 6) is 0.414. The van der Waals surface area contributed by atoms with Crippen LogP contribution in [0.5, 0.6) is 0 Å².